The van der Waals surface area contributed by atoms with Crippen molar-refractivity contribution in [3.63, 3.8) is 0 Å². The number of ether oxygens (including phenoxy) is 1. The molecular weight excluding hydrogens is 431 g/mol. The van der Waals surface area contributed by atoms with Gasteiger partial charge in [-0.2, -0.15) is 0 Å². The van der Waals surface area contributed by atoms with Crippen LogP contribution >= 0.6 is 24.0 Å². The van der Waals surface area contributed by atoms with Crippen molar-refractivity contribution in [2.24, 2.45) is 12.0 Å². The summed E-state index contributed by atoms with van der Waals surface area (Å²) in [7, 11) is 3.66. The van der Waals surface area contributed by atoms with Crippen LogP contribution in [0, 0.1) is 6.92 Å². The molecule has 0 amide bonds. The number of allylic oxidation sites excluding steroid dienone is 1. The number of methoxy groups -OCH3 is 1. The predicted octanol–water partition coefficient (Wildman–Crippen LogP) is 2.31. The Kier molecular flexibility index (Phi) is 10.7. The molecule has 1 heterocycles. The molecule has 1 aliphatic carbocycles. The molecule has 25 heavy (non-hydrogen) atoms. The second-order valence-electron chi connectivity index (χ2n) is 6.09. The molecule has 142 valence electrons. The molecule has 8 heteroatoms. The van der Waals surface area contributed by atoms with E-state index < -0.39 is 0 Å². The molecule has 0 aromatic carbocycles. The zero-order chi connectivity index (χ0) is 17.2. The minimum atomic E-state index is 0. The van der Waals surface area contributed by atoms with E-state index in [1.807, 2.05) is 18.5 Å². The first-order valence-electron chi connectivity index (χ1n) is 8.74. The van der Waals surface area contributed by atoms with Gasteiger partial charge in [-0.3, -0.25) is 0 Å². The SMILES string of the molecule is COCCNC(=NCc1nnc(C)n1C)NCCC1=CCCCC1.I. The zero-order valence-electron chi connectivity index (χ0n) is 15.5. The molecule has 0 saturated carbocycles. The van der Waals surface area contributed by atoms with Gasteiger partial charge < -0.3 is 19.9 Å². The molecule has 2 N–H and O–H groups in total. The van der Waals surface area contributed by atoms with Gasteiger partial charge in [0.1, 0.15) is 12.4 Å². The van der Waals surface area contributed by atoms with E-state index in [0.29, 0.717) is 13.2 Å². The number of guanidine groups is 1. The highest BCUT2D eigenvalue weighted by molar-refractivity contribution is 14.0. The van der Waals surface area contributed by atoms with Crippen molar-refractivity contribution in [2.75, 3.05) is 26.8 Å². The fourth-order valence-electron chi connectivity index (χ4n) is 2.66. The van der Waals surface area contributed by atoms with E-state index in [1.165, 1.54) is 25.7 Å². The number of aromatic nitrogens is 3. The number of hydrogen-bond donors (Lipinski definition) is 2. The third kappa shape index (κ3) is 7.72. The lowest BCUT2D eigenvalue weighted by molar-refractivity contribution is 0.203. The molecule has 0 atom stereocenters. The second-order valence-corrected chi connectivity index (χ2v) is 6.09. The smallest absolute Gasteiger partial charge is 0.191 e. The summed E-state index contributed by atoms with van der Waals surface area (Å²) in [6.07, 6.45) is 8.60. The monoisotopic (exact) mass is 462 g/mol. The van der Waals surface area contributed by atoms with Crippen LogP contribution in [-0.2, 0) is 18.3 Å². The summed E-state index contributed by atoms with van der Waals surface area (Å²) in [6, 6.07) is 0. The Morgan fingerprint density at radius 2 is 2.08 bits per heavy atom. The van der Waals surface area contributed by atoms with Crippen molar-refractivity contribution in [3.05, 3.63) is 23.3 Å². The Morgan fingerprint density at radius 3 is 2.72 bits per heavy atom. The highest BCUT2D eigenvalue weighted by atomic mass is 127. The standard InChI is InChI=1S/C17H30N6O.HI/c1-14-21-22-16(23(14)2)13-20-17(19-11-12-24-3)18-10-9-15-7-5-4-6-8-15;/h7H,4-6,8-13H2,1-3H3,(H2,18,19,20);1H. The highest BCUT2D eigenvalue weighted by Crippen LogP contribution is 2.19. The van der Waals surface area contributed by atoms with E-state index in [1.54, 1.807) is 12.7 Å². The third-order valence-electron chi connectivity index (χ3n) is 4.28. The van der Waals surface area contributed by atoms with Gasteiger partial charge >= 0.3 is 0 Å². The van der Waals surface area contributed by atoms with Crippen molar-refractivity contribution in [3.8, 4) is 0 Å². The van der Waals surface area contributed by atoms with E-state index >= 15 is 0 Å². The van der Waals surface area contributed by atoms with Crippen LogP contribution in [0.4, 0.5) is 0 Å². The Hall–Kier alpha value is -1.16. The van der Waals surface area contributed by atoms with Gasteiger partial charge in [0.05, 0.1) is 6.61 Å². The predicted molar refractivity (Wildman–Crippen MR) is 111 cm³/mol. The van der Waals surface area contributed by atoms with Crippen LogP contribution in [0.5, 0.6) is 0 Å². The fourth-order valence-corrected chi connectivity index (χ4v) is 2.66. The van der Waals surface area contributed by atoms with Crippen LogP contribution < -0.4 is 10.6 Å². The summed E-state index contributed by atoms with van der Waals surface area (Å²) in [6.45, 7) is 4.71. The molecule has 0 saturated heterocycles. The van der Waals surface area contributed by atoms with Gasteiger partial charge in [-0.25, -0.2) is 4.99 Å². The zero-order valence-corrected chi connectivity index (χ0v) is 17.9. The van der Waals surface area contributed by atoms with Crippen LogP contribution in [0.1, 0.15) is 43.8 Å². The lowest BCUT2D eigenvalue weighted by atomic mass is 9.97. The lowest BCUT2D eigenvalue weighted by Crippen LogP contribution is -2.39. The van der Waals surface area contributed by atoms with Crippen LogP contribution in [0.25, 0.3) is 0 Å². The van der Waals surface area contributed by atoms with E-state index in [-0.39, 0.29) is 24.0 Å². The van der Waals surface area contributed by atoms with Crippen molar-refractivity contribution < 1.29 is 4.74 Å². The maximum Gasteiger partial charge on any atom is 0.191 e. The number of rotatable bonds is 8. The van der Waals surface area contributed by atoms with Crippen molar-refractivity contribution in [1.82, 2.24) is 25.4 Å². The normalized spacial score (nSPS) is 14.7. The van der Waals surface area contributed by atoms with Gasteiger partial charge in [-0.05, 0) is 39.0 Å². The minimum Gasteiger partial charge on any atom is -0.383 e. The molecule has 7 nitrogen and oxygen atoms in total. The molecule has 0 fully saturated rings. The number of hydrogen-bond acceptors (Lipinski definition) is 4. The van der Waals surface area contributed by atoms with E-state index in [0.717, 1.165) is 37.1 Å². The van der Waals surface area contributed by atoms with Gasteiger partial charge in [-0.1, -0.05) is 11.6 Å². The fraction of sp³-hybridized carbons (Fsp3) is 0.706. The molecule has 0 spiro atoms. The van der Waals surface area contributed by atoms with Gasteiger partial charge in [0.15, 0.2) is 11.8 Å². The van der Waals surface area contributed by atoms with Crippen LogP contribution in [0.3, 0.4) is 0 Å². The first kappa shape index (κ1) is 21.9. The molecule has 2 rings (SSSR count). The Balaban J connectivity index is 0.00000312. The molecule has 0 bridgehead atoms. The Labute approximate surface area is 167 Å². The van der Waals surface area contributed by atoms with E-state index in [2.05, 4.69) is 31.9 Å². The van der Waals surface area contributed by atoms with E-state index in [4.69, 9.17) is 4.74 Å². The average molecular weight is 462 g/mol. The number of nitrogens with one attached hydrogen (secondary N) is 2. The highest BCUT2D eigenvalue weighted by Gasteiger charge is 2.06. The van der Waals surface area contributed by atoms with Crippen molar-refractivity contribution >= 4 is 29.9 Å². The van der Waals surface area contributed by atoms with Crippen molar-refractivity contribution in [1.29, 1.82) is 0 Å². The maximum absolute atomic E-state index is 5.10. The Morgan fingerprint density at radius 1 is 1.28 bits per heavy atom. The minimum absolute atomic E-state index is 0. The topological polar surface area (TPSA) is 76.4 Å². The summed E-state index contributed by atoms with van der Waals surface area (Å²) >= 11 is 0. The number of aliphatic imine (C=N–C) groups is 1. The van der Waals surface area contributed by atoms with Gasteiger partial charge in [0, 0.05) is 27.2 Å². The maximum atomic E-state index is 5.10. The first-order chi connectivity index (χ1) is 11.7. The first-order valence-corrected chi connectivity index (χ1v) is 8.74. The largest absolute Gasteiger partial charge is 0.383 e. The number of aryl methyl sites for hydroxylation is 1. The molecule has 1 aromatic rings. The van der Waals surface area contributed by atoms with Gasteiger partial charge in [0.2, 0.25) is 0 Å². The molecule has 0 unspecified atom stereocenters. The lowest BCUT2D eigenvalue weighted by Gasteiger charge is -2.15. The van der Waals surface area contributed by atoms with Gasteiger partial charge in [-0.15, -0.1) is 34.2 Å². The van der Waals surface area contributed by atoms with Crippen LogP contribution in [0.15, 0.2) is 16.6 Å². The average Bonchev–Trinajstić information content (AvgIpc) is 2.92. The molecule has 0 radical (unpaired) electrons. The number of nitrogens with zero attached hydrogens (tertiary/aromatic N) is 4. The molecular formula is C17H31IN6O. The number of halogens is 1. The molecule has 1 aromatic heterocycles. The molecule has 1 aliphatic rings. The second kappa shape index (κ2) is 12.2. The Bertz CT molecular complexity index is 569. The van der Waals surface area contributed by atoms with Crippen LogP contribution in [-0.4, -0.2) is 47.5 Å². The third-order valence-corrected chi connectivity index (χ3v) is 4.28. The van der Waals surface area contributed by atoms with Crippen molar-refractivity contribution in [2.45, 2.75) is 45.6 Å². The summed E-state index contributed by atoms with van der Waals surface area (Å²) in [5, 5.41) is 14.9. The summed E-state index contributed by atoms with van der Waals surface area (Å²) in [5.74, 6) is 2.55. The summed E-state index contributed by atoms with van der Waals surface area (Å²) in [5.41, 5.74) is 1.56. The van der Waals surface area contributed by atoms with Gasteiger partial charge in [0.25, 0.3) is 0 Å². The summed E-state index contributed by atoms with van der Waals surface area (Å²) < 4.78 is 7.06. The van der Waals surface area contributed by atoms with E-state index in [9.17, 15) is 0 Å². The summed E-state index contributed by atoms with van der Waals surface area (Å²) in [4.78, 5) is 4.62. The van der Waals surface area contributed by atoms with Crippen LogP contribution in [0.2, 0.25) is 0 Å². The quantitative estimate of drug-likeness (QED) is 0.204. The molecule has 0 aliphatic heterocycles.